The third kappa shape index (κ3) is 2.62. The molecule has 8 rings (SSSR count). The number of ketones is 1. The van der Waals surface area contributed by atoms with Crippen molar-refractivity contribution in [1.29, 1.82) is 0 Å². The highest BCUT2D eigenvalue weighted by Crippen LogP contribution is 2.82. The van der Waals surface area contributed by atoms with Crippen LogP contribution in [0, 0.1) is 23.2 Å². The fourth-order valence-electron chi connectivity index (χ4n) is 6.75. The minimum Gasteiger partial charge on any atom is -0.293 e. The number of Topliss-reactive ketones (excluding diaryl/α,β-unsaturated/α-hetero) is 1. The van der Waals surface area contributed by atoms with Gasteiger partial charge in [-0.25, -0.2) is 4.98 Å². The van der Waals surface area contributed by atoms with Crippen LogP contribution in [0.25, 0.3) is 5.57 Å². The molecule has 164 valence electrons. The largest absolute Gasteiger partial charge is 0.293 e. The van der Waals surface area contributed by atoms with Crippen molar-refractivity contribution in [3.8, 4) is 0 Å². The fraction of sp³-hybridized carbons (Fsp3) is 0.161. The van der Waals surface area contributed by atoms with Crippen molar-refractivity contribution < 1.29 is 4.79 Å². The molecule has 0 aliphatic heterocycles. The molecule has 3 heteroatoms. The van der Waals surface area contributed by atoms with E-state index in [1.807, 2.05) is 41.9 Å². The van der Waals surface area contributed by atoms with Crippen molar-refractivity contribution in [1.82, 2.24) is 4.98 Å². The average molecular weight is 458 g/mol. The SMILES string of the molecule is O=C(c1ccccc1)C12C3C=CC(C(=C(c4ccccc4)c4ccccc4)C31)[C@@H]2c1nccs1. The number of benzene rings is 3. The number of nitrogens with zero attached hydrogens (tertiary/aromatic N) is 1. The summed E-state index contributed by atoms with van der Waals surface area (Å²) in [5, 5.41) is 3.13. The summed E-state index contributed by atoms with van der Waals surface area (Å²) in [5.41, 5.74) is 5.50. The topological polar surface area (TPSA) is 30.0 Å². The Labute approximate surface area is 203 Å². The van der Waals surface area contributed by atoms with E-state index in [9.17, 15) is 4.79 Å². The lowest BCUT2D eigenvalue weighted by atomic mass is 9.71. The second kappa shape index (κ2) is 7.48. The molecule has 1 aromatic heterocycles. The molecule has 4 aliphatic rings. The molecule has 4 bridgehead atoms. The minimum absolute atomic E-state index is 0.0811. The highest BCUT2D eigenvalue weighted by molar-refractivity contribution is 7.09. The molecule has 0 N–H and O–H groups in total. The van der Waals surface area contributed by atoms with Crippen molar-refractivity contribution >= 4 is 22.7 Å². The first kappa shape index (κ1) is 19.9. The number of carbonyl (C=O) groups excluding carboxylic acids is 1. The van der Waals surface area contributed by atoms with Gasteiger partial charge in [0.15, 0.2) is 5.78 Å². The summed E-state index contributed by atoms with van der Waals surface area (Å²) in [7, 11) is 0. The Hall–Kier alpha value is -3.56. The predicted octanol–water partition coefficient (Wildman–Crippen LogP) is 7.04. The smallest absolute Gasteiger partial charge is 0.170 e. The van der Waals surface area contributed by atoms with Gasteiger partial charge in [0.05, 0.1) is 10.4 Å². The van der Waals surface area contributed by atoms with E-state index >= 15 is 0 Å². The normalized spacial score (nSPS) is 28.1. The van der Waals surface area contributed by atoms with Gasteiger partial charge >= 0.3 is 0 Å². The van der Waals surface area contributed by atoms with E-state index in [4.69, 9.17) is 4.98 Å². The van der Waals surface area contributed by atoms with Gasteiger partial charge in [0.2, 0.25) is 0 Å². The molecular formula is C31H23NOS. The lowest BCUT2D eigenvalue weighted by molar-refractivity contribution is 0.0859. The summed E-state index contributed by atoms with van der Waals surface area (Å²) in [4.78, 5) is 19.0. The summed E-state index contributed by atoms with van der Waals surface area (Å²) < 4.78 is 0. The van der Waals surface area contributed by atoms with Crippen LogP contribution in [0.4, 0.5) is 0 Å². The van der Waals surface area contributed by atoms with Crippen molar-refractivity contribution in [2.45, 2.75) is 5.92 Å². The third-order valence-corrected chi connectivity index (χ3v) is 8.83. The number of rotatable bonds is 5. The van der Waals surface area contributed by atoms with Crippen LogP contribution in [0.15, 0.2) is 120 Å². The molecule has 0 saturated heterocycles. The van der Waals surface area contributed by atoms with Gasteiger partial charge in [0.25, 0.3) is 0 Å². The Bertz CT molecular complexity index is 1380. The van der Waals surface area contributed by atoms with Crippen LogP contribution < -0.4 is 0 Å². The molecule has 0 amide bonds. The van der Waals surface area contributed by atoms with E-state index < -0.39 is 5.41 Å². The van der Waals surface area contributed by atoms with Crippen LogP contribution in [-0.4, -0.2) is 10.8 Å². The molecule has 2 nitrogen and oxygen atoms in total. The van der Waals surface area contributed by atoms with Crippen LogP contribution in [0.3, 0.4) is 0 Å². The van der Waals surface area contributed by atoms with Gasteiger partial charge in [0.1, 0.15) is 0 Å². The van der Waals surface area contributed by atoms with Crippen molar-refractivity contribution in [3.63, 3.8) is 0 Å². The van der Waals surface area contributed by atoms with E-state index in [1.54, 1.807) is 11.3 Å². The first-order valence-corrected chi connectivity index (χ1v) is 12.7. The highest BCUT2D eigenvalue weighted by Gasteiger charge is 2.80. The standard InChI is InChI=1S/C31H23NOS/c33-29(22-14-8-3-9-15-22)31-24-17-16-23(27(31)30-32-18-19-34-30)26(28(24)31)25(20-10-4-1-5-11-20)21-12-6-2-7-13-21/h1-19,23-24,27-28H/t23?,24?,27-,28?,31?/m1/s1. The maximum absolute atomic E-state index is 14.3. The van der Waals surface area contributed by atoms with E-state index in [-0.39, 0.29) is 29.5 Å². The molecule has 3 aromatic carbocycles. The zero-order valence-electron chi connectivity index (χ0n) is 18.5. The molecule has 1 heterocycles. The van der Waals surface area contributed by atoms with Gasteiger partial charge in [-0.05, 0) is 28.2 Å². The molecule has 4 aliphatic carbocycles. The predicted molar refractivity (Wildman–Crippen MR) is 137 cm³/mol. The highest BCUT2D eigenvalue weighted by atomic mass is 32.1. The van der Waals surface area contributed by atoms with Crippen LogP contribution in [0.1, 0.15) is 32.4 Å². The molecule has 2 saturated carbocycles. The Morgan fingerprint density at radius 1 is 0.735 bits per heavy atom. The van der Waals surface area contributed by atoms with Gasteiger partial charge in [-0.15, -0.1) is 11.3 Å². The molecule has 0 radical (unpaired) electrons. The molecule has 4 aromatic rings. The summed E-state index contributed by atoms with van der Waals surface area (Å²) in [6.07, 6.45) is 6.56. The summed E-state index contributed by atoms with van der Waals surface area (Å²) in [6, 6.07) is 31.2. The van der Waals surface area contributed by atoms with Gasteiger partial charge < -0.3 is 0 Å². The summed E-state index contributed by atoms with van der Waals surface area (Å²) in [5.74, 6) is 0.950. The average Bonchev–Trinajstić information content (AvgIpc) is 3.19. The van der Waals surface area contributed by atoms with Crippen molar-refractivity contribution in [2.75, 3.05) is 0 Å². The minimum atomic E-state index is -0.442. The lowest BCUT2D eigenvalue weighted by Crippen LogP contribution is -2.30. The van der Waals surface area contributed by atoms with Gasteiger partial charge in [-0.1, -0.05) is 103 Å². The number of thiazole rings is 1. The van der Waals surface area contributed by atoms with E-state index in [0.29, 0.717) is 0 Å². The number of carbonyl (C=O) groups is 1. The van der Waals surface area contributed by atoms with Crippen LogP contribution in [0.5, 0.6) is 0 Å². The molecule has 2 fully saturated rings. The van der Waals surface area contributed by atoms with Crippen molar-refractivity contribution in [3.05, 3.63) is 142 Å². The van der Waals surface area contributed by atoms with Crippen LogP contribution in [-0.2, 0) is 0 Å². The van der Waals surface area contributed by atoms with Crippen LogP contribution >= 0.6 is 11.3 Å². The van der Waals surface area contributed by atoms with E-state index in [1.165, 1.54) is 22.3 Å². The Balaban J connectivity index is 1.50. The van der Waals surface area contributed by atoms with E-state index in [2.05, 4.69) is 72.8 Å². The van der Waals surface area contributed by atoms with Crippen molar-refractivity contribution in [2.24, 2.45) is 23.2 Å². The summed E-state index contributed by atoms with van der Waals surface area (Å²) in [6.45, 7) is 0. The monoisotopic (exact) mass is 457 g/mol. The summed E-state index contributed by atoms with van der Waals surface area (Å²) >= 11 is 1.69. The fourth-order valence-corrected chi connectivity index (χ4v) is 7.62. The molecular weight excluding hydrogens is 434 g/mol. The maximum atomic E-state index is 14.3. The number of allylic oxidation sites excluding steroid dienone is 3. The van der Waals surface area contributed by atoms with Gasteiger partial charge in [0, 0.05) is 34.9 Å². The maximum Gasteiger partial charge on any atom is 0.170 e. The molecule has 5 atom stereocenters. The first-order valence-electron chi connectivity index (χ1n) is 11.8. The second-order valence-corrected chi connectivity index (χ2v) is 10.4. The molecule has 4 unspecified atom stereocenters. The zero-order chi connectivity index (χ0) is 22.7. The number of hydrogen-bond donors (Lipinski definition) is 0. The quantitative estimate of drug-likeness (QED) is 0.238. The van der Waals surface area contributed by atoms with Gasteiger partial charge in [-0.3, -0.25) is 4.79 Å². The van der Waals surface area contributed by atoms with Crippen LogP contribution in [0.2, 0.25) is 0 Å². The third-order valence-electron chi connectivity index (χ3n) is 7.97. The zero-order valence-corrected chi connectivity index (χ0v) is 19.4. The number of hydrogen-bond acceptors (Lipinski definition) is 3. The Kier molecular flexibility index (Phi) is 4.37. The van der Waals surface area contributed by atoms with E-state index in [0.717, 1.165) is 10.6 Å². The second-order valence-electron chi connectivity index (χ2n) is 9.45. The lowest BCUT2D eigenvalue weighted by Gasteiger charge is -2.32. The number of aromatic nitrogens is 1. The Morgan fingerprint density at radius 3 is 1.88 bits per heavy atom. The molecule has 34 heavy (non-hydrogen) atoms. The molecule has 0 spiro atoms. The first-order chi connectivity index (χ1) is 16.8. The Morgan fingerprint density at radius 2 is 1.32 bits per heavy atom. The van der Waals surface area contributed by atoms with Gasteiger partial charge in [-0.2, -0.15) is 0 Å².